The maximum absolute atomic E-state index is 13.5. The molecule has 0 atom stereocenters. The third-order valence-corrected chi connectivity index (χ3v) is 6.11. The van der Waals surface area contributed by atoms with E-state index in [4.69, 9.17) is 0 Å². The standard InChI is InChI=1S/C25H26FN3/c1-29(17-21-15-19(16-27)14-20-4-2-3-5-24(20)21)18-25(10-12-28-13-11-25)22-6-8-23(26)9-7-22/h2-9,14-15,28H,10-13,17-18H2,1H3. The molecule has 0 aliphatic carbocycles. The maximum atomic E-state index is 13.5. The summed E-state index contributed by atoms with van der Waals surface area (Å²) in [5, 5.41) is 15.2. The molecule has 1 aliphatic heterocycles. The van der Waals surface area contributed by atoms with E-state index in [-0.39, 0.29) is 11.2 Å². The highest BCUT2D eigenvalue weighted by Gasteiger charge is 2.35. The summed E-state index contributed by atoms with van der Waals surface area (Å²) in [5.74, 6) is -0.189. The first-order valence-electron chi connectivity index (χ1n) is 10.2. The minimum Gasteiger partial charge on any atom is -0.317 e. The van der Waals surface area contributed by atoms with Crippen molar-refractivity contribution in [1.82, 2.24) is 10.2 Å². The van der Waals surface area contributed by atoms with Crippen molar-refractivity contribution in [2.45, 2.75) is 24.8 Å². The molecule has 4 heteroatoms. The van der Waals surface area contributed by atoms with E-state index in [9.17, 15) is 9.65 Å². The highest BCUT2D eigenvalue weighted by atomic mass is 19.1. The molecule has 3 nitrogen and oxygen atoms in total. The van der Waals surface area contributed by atoms with Crippen LogP contribution in [0.2, 0.25) is 0 Å². The Morgan fingerprint density at radius 3 is 2.52 bits per heavy atom. The topological polar surface area (TPSA) is 39.1 Å². The summed E-state index contributed by atoms with van der Waals surface area (Å²) in [4.78, 5) is 2.34. The Balaban J connectivity index is 1.62. The minimum absolute atomic E-state index is 0.0103. The molecule has 29 heavy (non-hydrogen) atoms. The Morgan fingerprint density at radius 2 is 1.79 bits per heavy atom. The normalized spacial score (nSPS) is 16.1. The fraction of sp³-hybridized carbons (Fsp3) is 0.320. The summed E-state index contributed by atoms with van der Waals surface area (Å²) in [6, 6.07) is 21.5. The third kappa shape index (κ3) is 4.17. The number of fused-ring (bicyclic) bond motifs is 1. The largest absolute Gasteiger partial charge is 0.317 e. The number of rotatable bonds is 5. The fourth-order valence-corrected chi connectivity index (χ4v) is 4.70. The summed E-state index contributed by atoms with van der Waals surface area (Å²) in [6.45, 7) is 3.61. The van der Waals surface area contributed by atoms with Crippen molar-refractivity contribution in [1.29, 1.82) is 5.26 Å². The first-order chi connectivity index (χ1) is 14.1. The smallest absolute Gasteiger partial charge is 0.123 e. The van der Waals surface area contributed by atoms with Gasteiger partial charge >= 0.3 is 0 Å². The summed E-state index contributed by atoms with van der Waals surface area (Å²) < 4.78 is 13.5. The van der Waals surface area contributed by atoms with Crippen LogP contribution < -0.4 is 5.32 Å². The van der Waals surface area contributed by atoms with Crippen LogP contribution in [0.3, 0.4) is 0 Å². The van der Waals surface area contributed by atoms with Crippen molar-refractivity contribution in [3.8, 4) is 6.07 Å². The number of halogens is 1. The fourth-order valence-electron chi connectivity index (χ4n) is 4.70. The van der Waals surface area contributed by atoms with Crippen LogP contribution in [-0.2, 0) is 12.0 Å². The zero-order chi connectivity index (χ0) is 20.3. The van der Waals surface area contributed by atoms with Crippen LogP contribution in [0.25, 0.3) is 10.8 Å². The van der Waals surface area contributed by atoms with Crippen LogP contribution in [0, 0.1) is 17.1 Å². The van der Waals surface area contributed by atoms with Crippen LogP contribution in [-0.4, -0.2) is 31.6 Å². The molecule has 0 amide bonds. The Labute approximate surface area is 171 Å². The molecule has 3 aromatic rings. The van der Waals surface area contributed by atoms with E-state index in [2.05, 4.69) is 35.5 Å². The second-order valence-corrected chi connectivity index (χ2v) is 8.18. The first-order valence-corrected chi connectivity index (χ1v) is 10.2. The van der Waals surface area contributed by atoms with E-state index >= 15 is 0 Å². The van der Waals surface area contributed by atoms with Gasteiger partial charge in [0, 0.05) is 18.5 Å². The van der Waals surface area contributed by atoms with Crippen molar-refractivity contribution < 1.29 is 4.39 Å². The Bertz CT molecular complexity index is 1030. The molecule has 1 aliphatic rings. The predicted molar refractivity (Wildman–Crippen MR) is 115 cm³/mol. The molecule has 0 aromatic heterocycles. The van der Waals surface area contributed by atoms with Gasteiger partial charge in [-0.2, -0.15) is 5.26 Å². The van der Waals surface area contributed by atoms with Crippen molar-refractivity contribution in [3.63, 3.8) is 0 Å². The van der Waals surface area contributed by atoms with Gasteiger partial charge in [0.25, 0.3) is 0 Å². The Morgan fingerprint density at radius 1 is 1.07 bits per heavy atom. The molecule has 1 N–H and O–H groups in total. The first kappa shape index (κ1) is 19.6. The van der Waals surface area contributed by atoms with Gasteiger partial charge in [0.15, 0.2) is 0 Å². The third-order valence-electron chi connectivity index (χ3n) is 6.11. The van der Waals surface area contributed by atoms with E-state index in [1.54, 1.807) is 12.1 Å². The second-order valence-electron chi connectivity index (χ2n) is 8.18. The van der Waals surface area contributed by atoms with Crippen molar-refractivity contribution >= 4 is 10.8 Å². The van der Waals surface area contributed by atoms with Crippen LogP contribution in [0.4, 0.5) is 4.39 Å². The van der Waals surface area contributed by atoms with Gasteiger partial charge in [-0.1, -0.05) is 36.4 Å². The SMILES string of the molecule is CN(Cc1cc(C#N)cc2ccccc12)CC1(c2ccc(F)cc2)CCNCC1. The lowest BCUT2D eigenvalue weighted by atomic mass is 9.72. The van der Waals surface area contributed by atoms with E-state index in [0.717, 1.165) is 44.4 Å². The number of piperidine rings is 1. The van der Waals surface area contributed by atoms with Gasteiger partial charge in [0.2, 0.25) is 0 Å². The van der Waals surface area contributed by atoms with E-state index in [1.807, 2.05) is 36.4 Å². The van der Waals surface area contributed by atoms with Crippen molar-refractivity contribution in [2.24, 2.45) is 0 Å². The Kier molecular flexibility index (Phi) is 5.62. The van der Waals surface area contributed by atoms with Gasteiger partial charge in [-0.3, -0.25) is 0 Å². The van der Waals surface area contributed by atoms with Gasteiger partial charge in [-0.05, 0) is 79.1 Å². The average Bonchev–Trinajstić information content (AvgIpc) is 2.74. The summed E-state index contributed by atoms with van der Waals surface area (Å²) in [6.07, 6.45) is 2.06. The average molecular weight is 388 g/mol. The molecule has 1 saturated heterocycles. The predicted octanol–water partition coefficient (Wildman–Crippen LogP) is 4.60. The number of hydrogen-bond acceptors (Lipinski definition) is 3. The number of hydrogen-bond donors (Lipinski definition) is 1. The van der Waals surface area contributed by atoms with E-state index in [1.165, 1.54) is 16.5 Å². The molecular weight excluding hydrogens is 361 g/mol. The van der Waals surface area contributed by atoms with Gasteiger partial charge < -0.3 is 10.2 Å². The molecule has 0 bridgehead atoms. The maximum Gasteiger partial charge on any atom is 0.123 e. The van der Waals surface area contributed by atoms with Gasteiger partial charge in [0.05, 0.1) is 11.6 Å². The molecule has 0 unspecified atom stereocenters. The molecular formula is C25H26FN3. The lowest BCUT2D eigenvalue weighted by Crippen LogP contribution is -2.46. The number of benzene rings is 3. The van der Waals surface area contributed by atoms with E-state index < -0.39 is 0 Å². The monoisotopic (exact) mass is 387 g/mol. The summed E-state index contributed by atoms with van der Waals surface area (Å²) in [7, 11) is 2.14. The van der Waals surface area contributed by atoms with Crippen molar-refractivity contribution in [2.75, 3.05) is 26.7 Å². The minimum atomic E-state index is -0.189. The molecule has 0 saturated carbocycles. The highest BCUT2D eigenvalue weighted by Crippen LogP contribution is 2.35. The molecule has 4 rings (SSSR count). The molecule has 0 radical (unpaired) electrons. The number of likely N-dealkylation sites (N-methyl/N-ethyl adjacent to an activating group) is 1. The second kappa shape index (κ2) is 8.32. The number of nitrogens with zero attached hydrogens (tertiary/aromatic N) is 2. The number of nitrogens with one attached hydrogen (secondary N) is 1. The molecule has 0 spiro atoms. The van der Waals surface area contributed by atoms with Gasteiger partial charge in [0.1, 0.15) is 5.82 Å². The van der Waals surface area contributed by atoms with Crippen LogP contribution >= 0.6 is 0 Å². The van der Waals surface area contributed by atoms with Crippen LogP contribution in [0.1, 0.15) is 29.5 Å². The molecule has 3 aromatic carbocycles. The van der Waals surface area contributed by atoms with Crippen LogP contribution in [0.5, 0.6) is 0 Å². The summed E-state index contributed by atoms with van der Waals surface area (Å²) >= 11 is 0. The zero-order valence-electron chi connectivity index (χ0n) is 16.8. The van der Waals surface area contributed by atoms with E-state index in [0.29, 0.717) is 5.56 Å². The van der Waals surface area contributed by atoms with Crippen LogP contribution in [0.15, 0.2) is 60.7 Å². The lowest BCUT2D eigenvalue weighted by Gasteiger charge is -2.41. The van der Waals surface area contributed by atoms with Crippen molar-refractivity contribution in [3.05, 3.63) is 83.2 Å². The Hall–Kier alpha value is -2.74. The van der Waals surface area contributed by atoms with Gasteiger partial charge in [-0.15, -0.1) is 0 Å². The molecule has 1 fully saturated rings. The summed E-state index contributed by atoms with van der Waals surface area (Å²) in [5.41, 5.74) is 3.09. The zero-order valence-corrected chi connectivity index (χ0v) is 16.8. The quantitative estimate of drug-likeness (QED) is 0.695. The molecule has 148 valence electrons. The number of nitriles is 1. The molecule has 1 heterocycles. The lowest BCUT2D eigenvalue weighted by molar-refractivity contribution is 0.196. The highest BCUT2D eigenvalue weighted by molar-refractivity contribution is 5.87. The van der Waals surface area contributed by atoms with Gasteiger partial charge in [-0.25, -0.2) is 4.39 Å².